The van der Waals surface area contributed by atoms with Gasteiger partial charge < -0.3 is 30.0 Å². The maximum absolute atomic E-state index is 10.4. The van der Waals surface area contributed by atoms with E-state index < -0.39 is 23.1 Å². The average Bonchev–Trinajstić information content (AvgIpc) is 3.70. The molecule has 7 heteroatoms. The summed E-state index contributed by atoms with van der Waals surface area (Å²) in [5.74, 6) is -2.69. The summed E-state index contributed by atoms with van der Waals surface area (Å²) in [7, 11) is 0. The number of carbonyl (C=O) groups is 2. The van der Waals surface area contributed by atoms with Gasteiger partial charge in [-0.25, -0.2) is 0 Å². The Morgan fingerprint density at radius 1 is 0.657 bits per heavy atom. The number of aliphatic hydroxyl groups is 2. The van der Waals surface area contributed by atoms with Crippen molar-refractivity contribution < 1.29 is 30.0 Å². The van der Waals surface area contributed by atoms with Crippen molar-refractivity contribution in [1.82, 2.24) is 0 Å². The third-order valence-corrected chi connectivity index (χ3v) is 11.1. The molecular weight excluding hydrogens is 551 g/mol. The average molecular weight is 603 g/mol. The van der Waals surface area contributed by atoms with Gasteiger partial charge in [0.1, 0.15) is 11.2 Å². The van der Waals surface area contributed by atoms with Crippen LogP contribution in [0, 0.1) is 11.8 Å². The van der Waals surface area contributed by atoms with E-state index in [1.165, 1.54) is 51.4 Å². The number of hydrogen-bond donors (Lipinski definition) is 2. The van der Waals surface area contributed by atoms with Gasteiger partial charge in [0.25, 0.3) is 0 Å². The molecule has 0 amide bonds. The second-order valence-corrected chi connectivity index (χ2v) is 14.7. The normalized spacial score (nSPS) is 25.9. The Bertz CT molecular complexity index is 524. The van der Waals surface area contributed by atoms with Crippen molar-refractivity contribution in [3.63, 3.8) is 0 Å². The number of aliphatic carboxylic acids is 2. The van der Waals surface area contributed by atoms with Crippen molar-refractivity contribution in [3.05, 3.63) is 0 Å². The molecule has 0 aromatic carbocycles. The molecule has 4 atom stereocenters. The molecule has 0 radical (unpaired) electrons. The third-order valence-electron chi connectivity index (χ3n) is 7.08. The zero-order chi connectivity index (χ0) is 26.7. The first-order valence-corrected chi connectivity index (χ1v) is 18.3. The Labute approximate surface area is 224 Å². The van der Waals surface area contributed by atoms with Gasteiger partial charge in [0.15, 0.2) is 0 Å². The Morgan fingerprint density at radius 3 is 1.26 bits per heavy atom. The molecule has 0 aromatic rings. The van der Waals surface area contributed by atoms with Crippen molar-refractivity contribution in [2.45, 2.75) is 151 Å². The van der Waals surface area contributed by atoms with Crippen LogP contribution in [0.25, 0.3) is 0 Å². The molecule has 4 unspecified atom stereocenters. The van der Waals surface area contributed by atoms with Crippen LogP contribution in [0.3, 0.4) is 0 Å². The van der Waals surface area contributed by atoms with Crippen LogP contribution in [-0.4, -0.2) is 54.5 Å². The Morgan fingerprint density at radius 2 is 1.00 bits per heavy atom. The van der Waals surface area contributed by atoms with Crippen LogP contribution in [0.4, 0.5) is 0 Å². The van der Waals surface area contributed by atoms with E-state index in [4.69, 9.17) is 0 Å². The second-order valence-electron chi connectivity index (χ2n) is 10.4. The fourth-order valence-corrected chi connectivity index (χ4v) is 8.34. The summed E-state index contributed by atoms with van der Waals surface area (Å²) >= 11 is 0.149. The monoisotopic (exact) mass is 604 g/mol. The molecule has 0 heterocycles. The molecule has 2 rings (SSSR count). The predicted molar refractivity (Wildman–Crippen MR) is 139 cm³/mol. The fourth-order valence-electron chi connectivity index (χ4n) is 4.18. The summed E-state index contributed by atoms with van der Waals surface area (Å²) in [6, 6.07) is 0. The van der Waals surface area contributed by atoms with Gasteiger partial charge >= 0.3 is 69.5 Å². The molecule has 2 saturated carbocycles. The second kappa shape index (κ2) is 19.7. The third kappa shape index (κ3) is 14.9. The minimum atomic E-state index is -1.48. The Kier molecular flexibility index (Phi) is 19.5. The van der Waals surface area contributed by atoms with Crippen molar-refractivity contribution >= 4 is 33.1 Å². The van der Waals surface area contributed by atoms with Crippen LogP contribution in [0.1, 0.15) is 130 Å². The van der Waals surface area contributed by atoms with Gasteiger partial charge in [-0.15, -0.1) is 0 Å². The van der Waals surface area contributed by atoms with E-state index in [-0.39, 0.29) is 33.0 Å². The summed E-state index contributed by atoms with van der Waals surface area (Å²) in [4.78, 5) is 20.8. The van der Waals surface area contributed by atoms with Gasteiger partial charge in [-0.1, -0.05) is 65.2 Å². The van der Waals surface area contributed by atoms with Crippen LogP contribution in [0.2, 0.25) is 8.87 Å². The van der Waals surface area contributed by atoms with Crippen LogP contribution in [0.15, 0.2) is 0 Å². The summed E-state index contributed by atoms with van der Waals surface area (Å²) in [6.07, 6.45) is 17.3. The van der Waals surface area contributed by atoms with Crippen LogP contribution in [-0.2, 0) is 9.59 Å². The molecule has 0 bridgehead atoms. The van der Waals surface area contributed by atoms with E-state index in [2.05, 4.69) is 27.7 Å². The van der Waals surface area contributed by atoms with Crippen LogP contribution < -0.4 is 10.2 Å². The molecule has 0 aromatic heterocycles. The predicted octanol–water partition coefficient (Wildman–Crippen LogP) is 4.04. The Balaban J connectivity index is 0.000000506. The summed E-state index contributed by atoms with van der Waals surface area (Å²) in [6.45, 7) is 8.85. The van der Waals surface area contributed by atoms with E-state index in [9.17, 15) is 30.0 Å². The number of carboxylic acids is 2. The molecule has 2 aliphatic carbocycles. The molecule has 35 heavy (non-hydrogen) atoms. The molecule has 2 fully saturated rings. The van der Waals surface area contributed by atoms with E-state index in [0.29, 0.717) is 12.8 Å². The number of unbranched alkanes of at least 4 members (excludes halogenated alkanes) is 8. The van der Waals surface area contributed by atoms with Crippen molar-refractivity contribution in [2.75, 3.05) is 0 Å². The van der Waals surface area contributed by atoms with Gasteiger partial charge in [-0.05, 0) is 37.5 Å². The van der Waals surface area contributed by atoms with Crippen molar-refractivity contribution in [3.8, 4) is 0 Å². The number of hydrogen-bond acceptors (Lipinski definition) is 6. The van der Waals surface area contributed by atoms with E-state index in [0.717, 1.165) is 38.5 Å². The molecule has 0 spiro atoms. The van der Waals surface area contributed by atoms with Crippen LogP contribution >= 0.6 is 0 Å². The first-order chi connectivity index (χ1) is 16.6. The summed E-state index contributed by atoms with van der Waals surface area (Å²) in [5.41, 5.74) is -2.96. The Hall–Kier alpha value is -0.341. The molecule has 0 saturated heterocycles. The molecule has 6 nitrogen and oxygen atoms in total. The fraction of sp³-hybridized carbons (Fsp3) is 0.929. The zero-order valence-corrected chi connectivity index (χ0v) is 25.8. The standard InChI is InChI=1S/2C10H18O3.2C4H9.Sn/c2*1-2-3-4-5-6-8-7-10(8,13)9(11)12;2*1-3-4-2;/h2*8,13H,2-7H2,1H3,(H,11,12);2*1,3-4H2,2H3;/q;;;;+2/p-2. The number of rotatable bonds is 18. The zero-order valence-electron chi connectivity index (χ0n) is 22.9. The maximum atomic E-state index is 10.4. The van der Waals surface area contributed by atoms with E-state index >= 15 is 0 Å². The summed E-state index contributed by atoms with van der Waals surface area (Å²) in [5, 5.41) is 39.6. The summed E-state index contributed by atoms with van der Waals surface area (Å²) < 4.78 is 3.25. The first-order valence-electron chi connectivity index (χ1n) is 14.2. The van der Waals surface area contributed by atoms with Crippen LogP contribution in [0.5, 0.6) is 0 Å². The molecular formula is C28H52O6Sn. The van der Waals surface area contributed by atoms with E-state index in [1.807, 2.05) is 0 Å². The van der Waals surface area contributed by atoms with Gasteiger partial charge in [-0.2, -0.15) is 0 Å². The van der Waals surface area contributed by atoms with Gasteiger partial charge in [-0.3, -0.25) is 0 Å². The SMILES string of the molecule is CCCCCCC1CC1(O)C(=O)[O-].CCCCCCC1CC1(O)C(=O)[O-].CCC[CH2][Sn+2][CH2]CCC. The first kappa shape index (κ1) is 34.7. The molecule has 2 N–H and O–H groups in total. The van der Waals surface area contributed by atoms with E-state index in [1.54, 1.807) is 8.87 Å². The topological polar surface area (TPSA) is 121 Å². The quantitative estimate of drug-likeness (QED) is 0.180. The number of carbonyl (C=O) groups excluding carboxylic acids is 2. The number of carboxylic acid groups (broad SMARTS) is 2. The molecule has 2 aliphatic rings. The van der Waals surface area contributed by atoms with Gasteiger partial charge in [0.2, 0.25) is 0 Å². The van der Waals surface area contributed by atoms with Gasteiger partial charge in [0, 0.05) is 0 Å². The minimum absolute atomic E-state index is 0.0469. The van der Waals surface area contributed by atoms with Gasteiger partial charge in [0.05, 0.1) is 11.9 Å². The van der Waals surface area contributed by atoms with Crippen molar-refractivity contribution in [1.29, 1.82) is 0 Å². The van der Waals surface area contributed by atoms with Crippen molar-refractivity contribution in [2.24, 2.45) is 11.8 Å². The molecule has 0 aliphatic heterocycles. The molecule has 204 valence electrons.